The molecule has 3 aromatic rings. The van der Waals surface area contributed by atoms with E-state index in [-0.39, 0.29) is 65.2 Å². The Morgan fingerprint density at radius 1 is 1.31 bits per heavy atom. The van der Waals surface area contributed by atoms with Gasteiger partial charge in [0.2, 0.25) is 5.91 Å². The van der Waals surface area contributed by atoms with E-state index >= 15 is 4.39 Å². The zero-order valence-corrected chi connectivity index (χ0v) is 28.8. The third-order valence-corrected chi connectivity index (χ3v) is 8.70. The van der Waals surface area contributed by atoms with E-state index in [1.165, 1.54) is 16.7 Å². The molecule has 1 amide bonds. The van der Waals surface area contributed by atoms with Gasteiger partial charge < -0.3 is 30.1 Å². The maximum Gasteiger partial charge on any atom is 0.355 e. The van der Waals surface area contributed by atoms with Gasteiger partial charge in [-0.1, -0.05) is 32.0 Å². The Hall–Kier alpha value is -4.26. The smallest absolute Gasteiger partial charge is 0.355 e. The number of benzene rings is 1. The highest BCUT2D eigenvalue weighted by molar-refractivity contribution is 6.31. The van der Waals surface area contributed by atoms with Crippen molar-refractivity contribution in [3.05, 3.63) is 75.6 Å². The van der Waals surface area contributed by atoms with Crippen molar-refractivity contribution in [2.45, 2.75) is 65.8 Å². The molecule has 4 heterocycles. The lowest BCUT2D eigenvalue weighted by molar-refractivity contribution is -0.116. The Bertz CT molecular complexity index is 1860. The summed E-state index contributed by atoms with van der Waals surface area (Å²) in [6.07, 6.45) is 2.77. The SMILES string of the molecule is C=CC(=O)N[C@H](C)CNc1nc(=O)n2c3nc(c(C)cc13)-c1c(ccc(Cl)c1F)OCC(OCC)C(O)C1=C2[C@@H](C)N(CC(C)C)C=C1. The number of aliphatic hydroxyl groups excluding tert-OH is 1. The zero-order chi connectivity index (χ0) is 34.9. The normalized spacial score (nSPS) is 19.7. The number of fused-ring (bicyclic) bond motifs is 4. The number of amides is 1. The second kappa shape index (κ2) is 14.5. The number of nitrogens with one attached hydrogen (secondary N) is 2. The van der Waals surface area contributed by atoms with Crippen molar-refractivity contribution < 1.29 is 23.8 Å². The molecule has 13 heteroatoms. The number of carbonyl (C=O) groups excluding carboxylic acids is 1. The maximum atomic E-state index is 16.0. The van der Waals surface area contributed by atoms with Gasteiger partial charge in [-0.3, -0.25) is 4.79 Å². The van der Waals surface area contributed by atoms with Gasteiger partial charge in [0.25, 0.3) is 0 Å². The quantitative estimate of drug-likeness (QED) is 0.270. The molecule has 2 aliphatic rings. The number of rotatable bonds is 9. The van der Waals surface area contributed by atoms with Gasteiger partial charge in [0.1, 0.15) is 30.4 Å². The number of hydrogen-bond donors (Lipinski definition) is 3. The minimum Gasteiger partial charge on any atom is -0.490 e. The van der Waals surface area contributed by atoms with E-state index in [0.29, 0.717) is 34.7 Å². The minimum atomic E-state index is -1.24. The first kappa shape index (κ1) is 35.1. The molecular weight excluding hydrogens is 639 g/mol. The lowest BCUT2D eigenvalue weighted by atomic mass is 9.94. The van der Waals surface area contributed by atoms with E-state index in [9.17, 15) is 14.7 Å². The number of pyridine rings is 1. The van der Waals surface area contributed by atoms with Crippen LogP contribution in [0.15, 0.2) is 53.5 Å². The summed E-state index contributed by atoms with van der Waals surface area (Å²) in [5, 5.41) is 18.2. The molecule has 2 bridgehead atoms. The van der Waals surface area contributed by atoms with Crippen LogP contribution in [-0.2, 0) is 9.53 Å². The summed E-state index contributed by atoms with van der Waals surface area (Å²) >= 11 is 6.29. The molecule has 2 aromatic heterocycles. The van der Waals surface area contributed by atoms with Gasteiger partial charge in [0.05, 0.1) is 33.4 Å². The Balaban J connectivity index is 1.85. The van der Waals surface area contributed by atoms with E-state index in [0.717, 1.165) is 0 Å². The predicted octanol–water partition coefficient (Wildman–Crippen LogP) is 4.91. The first-order valence-corrected chi connectivity index (χ1v) is 16.4. The minimum absolute atomic E-state index is 0.0190. The largest absolute Gasteiger partial charge is 0.490 e. The Morgan fingerprint density at radius 2 is 2.06 bits per heavy atom. The summed E-state index contributed by atoms with van der Waals surface area (Å²) in [5.41, 5.74) is 1.26. The van der Waals surface area contributed by atoms with Crippen LogP contribution in [0.3, 0.4) is 0 Å². The molecular formula is C35H42ClFN6O5. The summed E-state index contributed by atoms with van der Waals surface area (Å²) in [4.78, 5) is 37.7. The number of anilines is 1. The van der Waals surface area contributed by atoms with Crippen LogP contribution in [0, 0.1) is 18.7 Å². The van der Waals surface area contributed by atoms with E-state index in [4.69, 9.17) is 26.1 Å². The number of carbonyl (C=O) groups is 1. The molecule has 0 saturated carbocycles. The van der Waals surface area contributed by atoms with Crippen LogP contribution < -0.4 is 21.1 Å². The molecule has 1 aromatic carbocycles. The first-order chi connectivity index (χ1) is 22.9. The molecule has 5 rings (SSSR count). The number of ether oxygens (including phenoxy) is 2. The highest BCUT2D eigenvalue weighted by Crippen LogP contribution is 2.40. The molecule has 256 valence electrons. The molecule has 2 unspecified atom stereocenters. The van der Waals surface area contributed by atoms with Crippen LogP contribution in [0.1, 0.15) is 40.2 Å². The third-order valence-electron chi connectivity index (χ3n) is 8.41. The van der Waals surface area contributed by atoms with Crippen LogP contribution in [0.4, 0.5) is 10.2 Å². The van der Waals surface area contributed by atoms with Crippen molar-refractivity contribution >= 4 is 40.1 Å². The maximum absolute atomic E-state index is 16.0. The number of halogens is 2. The second-order valence-electron chi connectivity index (χ2n) is 12.5. The number of hydrogen-bond acceptors (Lipinski definition) is 9. The summed E-state index contributed by atoms with van der Waals surface area (Å²) in [7, 11) is 0. The van der Waals surface area contributed by atoms with Crippen LogP contribution in [0.25, 0.3) is 28.0 Å². The number of aromatic nitrogens is 3. The molecule has 0 spiro atoms. The van der Waals surface area contributed by atoms with Gasteiger partial charge in [-0.25, -0.2) is 18.7 Å². The van der Waals surface area contributed by atoms with Crippen molar-refractivity contribution in [1.29, 1.82) is 0 Å². The standard InChI is InChI=1S/C35H42ClFN6O5/c1-8-27(44)39-20(6)15-38-33-23-14-19(5)30-28-25(11-10-24(36)29(28)37)48-17-26(47-9-2)32(45)22-12-13-42(16-18(3)4)21(7)31(22)43(34(23)40-30)35(46)41-33/h8,10-14,18,20-21,26,32,45H,1,9,15-17H2,2-7H3,(H,39,44)(H,38,41,46)/t20-,21-,26?,32?/m1/s1. The molecule has 48 heavy (non-hydrogen) atoms. The van der Waals surface area contributed by atoms with Crippen LogP contribution in [0.2, 0.25) is 5.02 Å². The number of aliphatic hydroxyl groups is 1. The predicted molar refractivity (Wildman–Crippen MR) is 186 cm³/mol. The summed E-state index contributed by atoms with van der Waals surface area (Å²) in [6, 6.07) is 3.98. The van der Waals surface area contributed by atoms with Crippen molar-refractivity contribution in [1.82, 2.24) is 24.8 Å². The summed E-state index contributed by atoms with van der Waals surface area (Å²) < 4.78 is 29.5. The lowest BCUT2D eigenvalue weighted by Gasteiger charge is -2.38. The summed E-state index contributed by atoms with van der Waals surface area (Å²) in [5.74, 6) is -0.395. The lowest BCUT2D eigenvalue weighted by Crippen LogP contribution is -2.44. The van der Waals surface area contributed by atoms with Crippen molar-refractivity contribution in [2.75, 3.05) is 31.6 Å². The highest BCUT2D eigenvalue weighted by Gasteiger charge is 2.35. The van der Waals surface area contributed by atoms with Gasteiger partial charge in [-0.05, 0) is 69.5 Å². The Morgan fingerprint density at radius 3 is 2.75 bits per heavy atom. The monoisotopic (exact) mass is 680 g/mol. The average molecular weight is 681 g/mol. The number of nitrogens with zero attached hydrogens (tertiary/aromatic N) is 4. The van der Waals surface area contributed by atoms with Crippen molar-refractivity contribution in [3.8, 4) is 17.0 Å². The fraction of sp³-hybridized carbons (Fsp3) is 0.429. The van der Waals surface area contributed by atoms with E-state index in [1.54, 1.807) is 39.0 Å². The highest BCUT2D eigenvalue weighted by atomic mass is 35.5. The number of aryl methyl sites for hydroxylation is 1. The first-order valence-electron chi connectivity index (χ1n) is 16.1. The molecule has 4 atom stereocenters. The Labute approximate surface area is 284 Å². The second-order valence-corrected chi connectivity index (χ2v) is 12.9. The molecule has 2 aliphatic heterocycles. The third kappa shape index (κ3) is 6.83. The molecule has 3 N–H and O–H groups in total. The van der Waals surface area contributed by atoms with Crippen LogP contribution in [-0.4, -0.2) is 81.0 Å². The molecule has 0 saturated heterocycles. The van der Waals surface area contributed by atoms with E-state index in [2.05, 4.69) is 40.9 Å². The van der Waals surface area contributed by atoms with Gasteiger partial charge in [-0.15, -0.1) is 0 Å². The van der Waals surface area contributed by atoms with Crippen molar-refractivity contribution in [2.24, 2.45) is 5.92 Å². The van der Waals surface area contributed by atoms with E-state index in [1.807, 2.05) is 13.1 Å². The van der Waals surface area contributed by atoms with Crippen LogP contribution in [0.5, 0.6) is 5.75 Å². The van der Waals surface area contributed by atoms with Crippen molar-refractivity contribution in [3.63, 3.8) is 0 Å². The van der Waals surface area contributed by atoms with Gasteiger partial charge in [-0.2, -0.15) is 4.98 Å². The molecule has 0 radical (unpaired) electrons. The fourth-order valence-corrected chi connectivity index (χ4v) is 6.30. The average Bonchev–Trinajstić information content (AvgIpc) is 3.04. The van der Waals surface area contributed by atoms with Gasteiger partial charge in [0.15, 0.2) is 11.5 Å². The van der Waals surface area contributed by atoms with E-state index < -0.39 is 29.8 Å². The molecule has 0 aliphatic carbocycles. The zero-order valence-electron chi connectivity index (χ0n) is 28.0. The summed E-state index contributed by atoms with van der Waals surface area (Å²) in [6.45, 7) is 16.1. The van der Waals surface area contributed by atoms with Gasteiger partial charge >= 0.3 is 5.69 Å². The molecule has 0 fully saturated rings. The topological polar surface area (TPSA) is 131 Å². The van der Waals surface area contributed by atoms with Gasteiger partial charge in [0, 0.05) is 37.5 Å². The van der Waals surface area contributed by atoms with Crippen LogP contribution >= 0.6 is 11.6 Å². The Kier molecular flexibility index (Phi) is 10.6. The fourth-order valence-electron chi connectivity index (χ4n) is 6.14. The molecule has 11 nitrogen and oxygen atoms in total.